The molecule has 3 heterocycles. The molecular formula is C12H19FN5O13P3. The van der Waals surface area contributed by atoms with Gasteiger partial charge in [-0.2, -0.15) is 13.6 Å². The van der Waals surface area contributed by atoms with Gasteiger partial charge in [0, 0.05) is 0 Å². The maximum absolute atomic E-state index is 15.2. The maximum atomic E-state index is 15.2. The average molecular weight is 553 g/mol. The van der Waals surface area contributed by atoms with Gasteiger partial charge < -0.3 is 39.7 Å². The number of ether oxygens (including phenoxy) is 1. The lowest BCUT2D eigenvalue weighted by atomic mass is 9.95. The molecule has 22 heteroatoms. The predicted molar refractivity (Wildman–Crippen MR) is 107 cm³/mol. The average Bonchev–Trinajstić information content (AvgIpc) is 3.11. The summed E-state index contributed by atoms with van der Waals surface area (Å²) >= 11 is 0. The minimum Gasteiger partial charge on any atom is -0.387 e. The number of fused-ring (bicyclic) bond motifs is 1. The predicted octanol–water partition coefficient (Wildman–Crippen LogP) is -1.10. The summed E-state index contributed by atoms with van der Waals surface area (Å²) in [5, 5.41) is 10.3. The molecular weight excluding hydrogens is 534 g/mol. The number of aromatic nitrogens is 4. The fourth-order valence-corrected chi connectivity index (χ4v) is 6.11. The van der Waals surface area contributed by atoms with Crippen molar-refractivity contribution < 1.29 is 60.6 Å². The zero-order valence-corrected chi connectivity index (χ0v) is 19.5. The summed E-state index contributed by atoms with van der Waals surface area (Å²) in [6.07, 6.45) is -3.84. The number of anilines is 1. The van der Waals surface area contributed by atoms with Crippen molar-refractivity contribution in [3.63, 3.8) is 0 Å². The van der Waals surface area contributed by atoms with E-state index in [1.54, 1.807) is 0 Å². The van der Waals surface area contributed by atoms with Crippen molar-refractivity contribution in [3.8, 4) is 0 Å². The Kier molecular flexibility index (Phi) is 7.25. The quantitative estimate of drug-likeness (QED) is 0.181. The monoisotopic (exact) mass is 553 g/mol. The number of aliphatic hydroxyl groups excluding tert-OH is 1. The number of imidazole rings is 1. The van der Waals surface area contributed by atoms with Crippen LogP contribution < -0.4 is 11.3 Å². The molecule has 192 valence electrons. The summed E-state index contributed by atoms with van der Waals surface area (Å²) in [5.74, 6) is -0.233. The van der Waals surface area contributed by atoms with Crippen LogP contribution in [0.15, 0.2) is 11.1 Å². The first-order chi connectivity index (χ1) is 15.4. The summed E-state index contributed by atoms with van der Waals surface area (Å²) in [6.45, 7) is -0.445. The van der Waals surface area contributed by atoms with Crippen molar-refractivity contribution in [3.05, 3.63) is 16.7 Å². The Morgan fingerprint density at radius 2 is 1.91 bits per heavy atom. The second kappa shape index (κ2) is 9.13. The van der Waals surface area contributed by atoms with Crippen LogP contribution in [0.5, 0.6) is 0 Å². The van der Waals surface area contributed by atoms with Gasteiger partial charge in [0.2, 0.25) is 5.95 Å². The SMILES string of the molecule is C[C@]1(F)[C@H](Cn2cnc3c(=O)[nH]c(N)nc32)O[C@H](COP(=O)(O)OP(=O)(O)OP(=O)(O)O)[C@H]1O. The number of aliphatic hydroxyl groups is 1. The molecule has 0 aliphatic carbocycles. The van der Waals surface area contributed by atoms with Crippen molar-refractivity contribution >= 4 is 40.6 Å². The van der Waals surface area contributed by atoms with Crippen molar-refractivity contribution in [1.82, 2.24) is 19.5 Å². The Labute approximate surface area is 187 Å². The fourth-order valence-electron chi connectivity index (χ4n) is 3.08. The minimum absolute atomic E-state index is 0.00754. The molecule has 6 atom stereocenters. The second-order valence-electron chi connectivity index (χ2n) is 7.17. The van der Waals surface area contributed by atoms with E-state index in [0.717, 1.165) is 13.3 Å². The van der Waals surface area contributed by atoms with E-state index >= 15 is 4.39 Å². The van der Waals surface area contributed by atoms with Gasteiger partial charge >= 0.3 is 23.5 Å². The summed E-state index contributed by atoms with van der Waals surface area (Å²) in [6, 6.07) is 0. The van der Waals surface area contributed by atoms with E-state index in [-0.39, 0.29) is 23.7 Å². The molecule has 8 N–H and O–H groups in total. The van der Waals surface area contributed by atoms with Crippen molar-refractivity contribution in [2.45, 2.75) is 37.4 Å². The van der Waals surface area contributed by atoms with Gasteiger partial charge in [-0.25, -0.2) is 23.1 Å². The molecule has 1 aliphatic heterocycles. The molecule has 1 aliphatic rings. The highest BCUT2D eigenvalue weighted by atomic mass is 31.3. The smallest absolute Gasteiger partial charge is 0.387 e. The zero-order valence-electron chi connectivity index (χ0n) is 16.9. The molecule has 0 amide bonds. The van der Waals surface area contributed by atoms with Crippen LogP contribution in [0.25, 0.3) is 11.2 Å². The van der Waals surface area contributed by atoms with Gasteiger partial charge in [0.25, 0.3) is 5.56 Å². The molecule has 0 spiro atoms. The Morgan fingerprint density at radius 1 is 1.26 bits per heavy atom. The van der Waals surface area contributed by atoms with Crippen LogP contribution in [-0.4, -0.2) is 74.8 Å². The summed E-state index contributed by atoms with van der Waals surface area (Å²) in [7, 11) is -16.8. The highest BCUT2D eigenvalue weighted by Gasteiger charge is 2.54. The van der Waals surface area contributed by atoms with Gasteiger partial charge in [-0.3, -0.25) is 14.3 Å². The third-order valence-corrected chi connectivity index (χ3v) is 8.38. The van der Waals surface area contributed by atoms with Crippen LogP contribution in [0.2, 0.25) is 0 Å². The van der Waals surface area contributed by atoms with Crippen LogP contribution in [0, 0.1) is 0 Å². The molecule has 2 aromatic rings. The number of aromatic amines is 1. The molecule has 0 saturated carbocycles. The van der Waals surface area contributed by atoms with Gasteiger partial charge in [0.15, 0.2) is 16.8 Å². The first-order valence-electron chi connectivity index (χ1n) is 8.91. The molecule has 1 fully saturated rings. The van der Waals surface area contributed by atoms with Gasteiger partial charge in [-0.1, -0.05) is 0 Å². The van der Waals surface area contributed by atoms with Crippen molar-refractivity contribution in [2.24, 2.45) is 0 Å². The lowest BCUT2D eigenvalue weighted by Gasteiger charge is -2.24. The Morgan fingerprint density at radius 3 is 2.53 bits per heavy atom. The van der Waals surface area contributed by atoms with Crippen LogP contribution >= 0.6 is 23.5 Å². The van der Waals surface area contributed by atoms with E-state index in [4.69, 9.17) is 25.2 Å². The van der Waals surface area contributed by atoms with E-state index in [2.05, 4.69) is 28.1 Å². The molecule has 0 aromatic carbocycles. The van der Waals surface area contributed by atoms with E-state index < -0.39 is 59.6 Å². The van der Waals surface area contributed by atoms with Gasteiger partial charge in [0.1, 0.15) is 18.3 Å². The third kappa shape index (κ3) is 6.15. The number of phosphoric acid groups is 3. The summed E-state index contributed by atoms with van der Waals surface area (Å²) in [5.41, 5.74) is 2.26. The van der Waals surface area contributed by atoms with E-state index in [9.17, 15) is 28.5 Å². The second-order valence-corrected chi connectivity index (χ2v) is 11.6. The van der Waals surface area contributed by atoms with Crippen LogP contribution in [-0.2, 0) is 38.1 Å². The number of halogens is 1. The Balaban J connectivity index is 1.70. The summed E-state index contributed by atoms with van der Waals surface area (Å²) < 4.78 is 67.1. The number of nitrogens with one attached hydrogen (secondary N) is 1. The molecule has 34 heavy (non-hydrogen) atoms. The number of nitrogen functional groups attached to an aromatic ring is 1. The largest absolute Gasteiger partial charge is 0.490 e. The molecule has 0 radical (unpaired) electrons. The standard InChI is InChI=1S/C12H19FN5O13P3/c1-12(13)6(2-18-4-15-7-9(18)16-11(14)17-10(7)20)29-5(8(12)19)3-28-33(24,25)31-34(26,27)30-32(21,22)23/h4-6,8,19H,2-3H2,1H3,(H,24,25)(H,26,27)(H2,21,22,23)(H3,14,16,17,20)/t5-,6+,8-,12+/m1/s1. The molecule has 0 bridgehead atoms. The lowest BCUT2D eigenvalue weighted by molar-refractivity contribution is -0.0264. The van der Waals surface area contributed by atoms with Gasteiger partial charge in [0.05, 0.1) is 19.5 Å². The van der Waals surface area contributed by atoms with Crippen LogP contribution in [0.1, 0.15) is 6.92 Å². The van der Waals surface area contributed by atoms with E-state index in [0.29, 0.717) is 0 Å². The van der Waals surface area contributed by atoms with Crippen molar-refractivity contribution in [1.29, 1.82) is 0 Å². The molecule has 1 saturated heterocycles. The maximum Gasteiger partial charge on any atom is 0.490 e. The number of nitrogens with zero attached hydrogens (tertiary/aromatic N) is 3. The van der Waals surface area contributed by atoms with E-state index in [1.807, 2.05) is 0 Å². The molecule has 18 nitrogen and oxygen atoms in total. The number of H-pyrrole nitrogens is 1. The number of rotatable bonds is 9. The molecule has 2 unspecified atom stereocenters. The normalized spacial score (nSPS) is 29.2. The highest BCUT2D eigenvalue weighted by Crippen LogP contribution is 2.66. The summed E-state index contributed by atoms with van der Waals surface area (Å²) in [4.78, 5) is 57.5. The molecule has 2 aromatic heterocycles. The number of hydrogen-bond acceptors (Lipinski definition) is 12. The fraction of sp³-hybridized carbons (Fsp3) is 0.583. The lowest BCUT2D eigenvalue weighted by Crippen LogP contribution is -2.43. The first-order valence-corrected chi connectivity index (χ1v) is 13.4. The topological polar surface area (TPSA) is 279 Å². The van der Waals surface area contributed by atoms with E-state index in [1.165, 1.54) is 4.57 Å². The van der Waals surface area contributed by atoms with Crippen LogP contribution in [0.3, 0.4) is 0 Å². The Bertz CT molecular complexity index is 1280. The Hall–Kier alpha value is -1.59. The highest BCUT2D eigenvalue weighted by molar-refractivity contribution is 7.66. The van der Waals surface area contributed by atoms with Gasteiger partial charge in [-0.15, -0.1) is 0 Å². The van der Waals surface area contributed by atoms with Crippen LogP contribution in [0.4, 0.5) is 10.3 Å². The first kappa shape index (κ1) is 27.0. The minimum atomic E-state index is -5.75. The molecule has 3 rings (SSSR count). The number of phosphoric ester groups is 1. The number of nitrogens with two attached hydrogens (primary N) is 1. The zero-order chi connectivity index (χ0) is 25.7. The van der Waals surface area contributed by atoms with Gasteiger partial charge in [-0.05, 0) is 6.92 Å². The number of hydrogen-bond donors (Lipinski definition) is 7. The van der Waals surface area contributed by atoms with Crippen molar-refractivity contribution in [2.75, 3.05) is 12.3 Å². The number of alkyl halides is 1. The third-order valence-electron chi connectivity index (χ3n) is 4.57.